The molecule has 2 saturated heterocycles. The number of pyridine rings is 1. The number of nitrogen functional groups attached to an aromatic ring is 1. The summed E-state index contributed by atoms with van der Waals surface area (Å²) in [5.41, 5.74) is 11.9. The van der Waals surface area contributed by atoms with Gasteiger partial charge in [0.05, 0.1) is 17.4 Å². The standard InChI is InChI=1S/C13H19N5O/c14-8-6-9(12(15)19)13(16-7-8)17-10-3-5-18-4-1-2-11(10)18/h6-7,10-11H,1-5,14H2,(H2,15,19)(H,16,17). The molecule has 1 aromatic heterocycles. The van der Waals surface area contributed by atoms with Crippen molar-refractivity contribution in [1.82, 2.24) is 9.88 Å². The number of aromatic nitrogens is 1. The summed E-state index contributed by atoms with van der Waals surface area (Å²) < 4.78 is 0. The van der Waals surface area contributed by atoms with Gasteiger partial charge in [0.15, 0.2) is 0 Å². The van der Waals surface area contributed by atoms with E-state index in [4.69, 9.17) is 11.5 Å². The van der Waals surface area contributed by atoms with Gasteiger partial charge < -0.3 is 16.8 Å². The number of primary amides is 1. The number of anilines is 2. The number of amides is 1. The quantitative estimate of drug-likeness (QED) is 0.732. The molecule has 3 heterocycles. The van der Waals surface area contributed by atoms with Crippen molar-refractivity contribution in [2.75, 3.05) is 24.1 Å². The van der Waals surface area contributed by atoms with Crippen LogP contribution in [0, 0.1) is 0 Å². The van der Waals surface area contributed by atoms with Crippen LogP contribution in [0.1, 0.15) is 29.6 Å². The summed E-state index contributed by atoms with van der Waals surface area (Å²) in [5.74, 6) is 0.0593. The van der Waals surface area contributed by atoms with Crippen LogP contribution in [0.4, 0.5) is 11.5 Å². The van der Waals surface area contributed by atoms with E-state index in [1.165, 1.54) is 19.4 Å². The highest BCUT2D eigenvalue weighted by Gasteiger charge is 2.37. The first-order chi connectivity index (χ1) is 9.15. The molecule has 2 atom stereocenters. The smallest absolute Gasteiger partial charge is 0.252 e. The van der Waals surface area contributed by atoms with Crippen LogP contribution in [0.25, 0.3) is 0 Å². The predicted molar refractivity (Wildman–Crippen MR) is 73.8 cm³/mol. The molecule has 0 aromatic carbocycles. The van der Waals surface area contributed by atoms with Gasteiger partial charge in [-0.05, 0) is 31.9 Å². The summed E-state index contributed by atoms with van der Waals surface area (Å²) in [4.78, 5) is 18.2. The predicted octanol–water partition coefficient (Wildman–Crippen LogP) is 0.411. The Kier molecular flexibility index (Phi) is 3.02. The first kappa shape index (κ1) is 12.2. The maximum absolute atomic E-state index is 11.5. The Balaban J connectivity index is 1.81. The van der Waals surface area contributed by atoms with Crippen molar-refractivity contribution in [3.8, 4) is 0 Å². The molecule has 0 spiro atoms. The fraction of sp³-hybridized carbons (Fsp3) is 0.538. The minimum absolute atomic E-state index is 0.344. The molecule has 2 unspecified atom stereocenters. The monoisotopic (exact) mass is 261 g/mol. The molecule has 0 radical (unpaired) electrons. The van der Waals surface area contributed by atoms with Gasteiger partial charge in [-0.25, -0.2) is 4.98 Å². The molecule has 0 bridgehead atoms. The maximum Gasteiger partial charge on any atom is 0.252 e. The molecule has 5 N–H and O–H groups in total. The minimum atomic E-state index is -0.497. The lowest BCUT2D eigenvalue weighted by Gasteiger charge is -2.22. The molecule has 0 saturated carbocycles. The van der Waals surface area contributed by atoms with Crippen molar-refractivity contribution in [2.24, 2.45) is 5.73 Å². The third-order valence-corrected chi connectivity index (χ3v) is 4.10. The third kappa shape index (κ3) is 2.23. The Morgan fingerprint density at radius 2 is 2.26 bits per heavy atom. The number of hydrogen-bond donors (Lipinski definition) is 3. The molecule has 2 aliphatic heterocycles. The van der Waals surface area contributed by atoms with E-state index in [9.17, 15) is 4.79 Å². The third-order valence-electron chi connectivity index (χ3n) is 4.10. The van der Waals surface area contributed by atoms with Gasteiger partial charge >= 0.3 is 0 Å². The lowest BCUT2D eigenvalue weighted by atomic mass is 10.1. The Morgan fingerprint density at radius 1 is 1.42 bits per heavy atom. The van der Waals surface area contributed by atoms with Gasteiger partial charge in [0.1, 0.15) is 5.82 Å². The van der Waals surface area contributed by atoms with Gasteiger partial charge in [-0.15, -0.1) is 0 Å². The minimum Gasteiger partial charge on any atom is -0.397 e. The molecular weight excluding hydrogens is 242 g/mol. The first-order valence-corrected chi connectivity index (χ1v) is 6.71. The zero-order valence-corrected chi connectivity index (χ0v) is 10.8. The number of nitrogens with zero attached hydrogens (tertiary/aromatic N) is 2. The largest absolute Gasteiger partial charge is 0.397 e. The molecule has 102 valence electrons. The lowest BCUT2D eigenvalue weighted by Crippen LogP contribution is -2.34. The van der Waals surface area contributed by atoms with Crippen LogP contribution in [0.2, 0.25) is 0 Å². The molecule has 1 amide bonds. The molecule has 2 aliphatic rings. The Labute approximate surface area is 112 Å². The van der Waals surface area contributed by atoms with E-state index in [-0.39, 0.29) is 0 Å². The molecule has 19 heavy (non-hydrogen) atoms. The molecule has 1 aromatic rings. The Bertz CT molecular complexity index is 504. The second-order valence-corrected chi connectivity index (χ2v) is 5.31. The zero-order chi connectivity index (χ0) is 13.4. The van der Waals surface area contributed by atoms with Crippen molar-refractivity contribution in [2.45, 2.75) is 31.3 Å². The number of nitrogens with two attached hydrogens (primary N) is 2. The van der Waals surface area contributed by atoms with Gasteiger partial charge in [0.25, 0.3) is 5.91 Å². The highest BCUT2D eigenvalue weighted by Crippen LogP contribution is 2.30. The van der Waals surface area contributed by atoms with Gasteiger partial charge in [-0.3, -0.25) is 9.69 Å². The van der Waals surface area contributed by atoms with E-state index < -0.39 is 5.91 Å². The summed E-state index contributed by atoms with van der Waals surface area (Å²) in [7, 11) is 0. The van der Waals surface area contributed by atoms with Gasteiger partial charge in [0, 0.05) is 18.6 Å². The summed E-state index contributed by atoms with van der Waals surface area (Å²) in [5, 5.41) is 3.38. The van der Waals surface area contributed by atoms with Crippen molar-refractivity contribution in [3.05, 3.63) is 17.8 Å². The number of hydrogen-bond acceptors (Lipinski definition) is 5. The van der Waals surface area contributed by atoms with E-state index in [2.05, 4.69) is 15.2 Å². The van der Waals surface area contributed by atoms with Crippen LogP contribution in [0.5, 0.6) is 0 Å². The van der Waals surface area contributed by atoms with Crippen LogP contribution in [-0.2, 0) is 0 Å². The van der Waals surface area contributed by atoms with E-state index in [1.807, 2.05) is 0 Å². The summed E-state index contributed by atoms with van der Waals surface area (Å²) in [6.45, 7) is 2.30. The van der Waals surface area contributed by atoms with E-state index in [1.54, 1.807) is 12.3 Å². The fourth-order valence-electron chi connectivity index (χ4n) is 3.21. The molecule has 0 aliphatic carbocycles. The van der Waals surface area contributed by atoms with Crippen molar-refractivity contribution in [3.63, 3.8) is 0 Å². The molecular formula is C13H19N5O. The van der Waals surface area contributed by atoms with Crippen molar-refractivity contribution >= 4 is 17.4 Å². The fourth-order valence-corrected chi connectivity index (χ4v) is 3.21. The van der Waals surface area contributed by atoms with Crippen LogP contribution < -0.4 is 16.8 Å². The average molecular weight is 261 g/mol. The molecule has 2 fully saturated rings. The number of fused-ring (bicyclic) bond motifs is 1. The lowest BCUT2D eigenvalue weighted by molar-refractivity contribution is 0.100. The number of carbonyl (C=O) groups excluding carboxylic acids is 1. The average Bonchev–Trinajstić information content (AvgIpc) is 2.96. The SMILES string of the molecule is NC(=O)c1cc(N)cnc1NC1CCN2CCCC12. The number of rotatable bonds is 3. The topological polar surface area (TPSA) is 97.3 Å². The van der Waals surface area contributed by atoms with Crippen LogP contribution in [0.3, 0.4) is 0 Å². The molecule has 3 rings (SSSR count). The highest BCUT2D eigenvalue weighted by molar-refractivity contribution is 5.98. The highest BCUT2D eigenvalue weighted by atomic mass is 16.1. The maximum atomic E-state index is 11.5. The van der Waals surface area contributed by atoms with Crippen LogP contribution in [-0.4, -0.2) is 41.0 Å². The van der Waals surface area contributed by atoms with Crippen LogP contribution in [0.15, 0.2) is 12.3 Å². The summed E-state index contributed by atoms with van der Waals surface area (Å²) >= 11 is 0. The number of nitrogens with one attached hydrogen (secondary N) is 1. The van der Waals surface area contributed by atoms with E-state index in [0.29, 0.717) is 29.2 Å². The normalized spacial score (nSPS) is 26.3. The zero-order valence-electron chi connectivity index (χ0n) is 10.8. The van der Waals surface area contributed by atoms with Crippen molar-refractivity contribution < 1.29 is 4.79 Å². The Hall–Kier alpha value is -1.82. The van der Waals surface area contributed by atoms with Gasteiger partial charge in [0.2, 0.25) is 0 Å². The van der Waals surface area contributed by atoms with E-state index in [0.717, 1.165) is 13.0 Å². The van der Waals surface area contributed by atoms with E-state index >= 15 is 0 Å². The number of carbonyl (C=O) groups is 1. The molecule has 6 heteroatoms. The second-order valence-electron chi connectivity index (χ2n) is 5.31. The van der Waals surface area contributed by atoms with Gasteiger partial charge in [-0.2, -0.15) is 0 Å². The Morgan fingerprint density at radius 3 is 3.05 bits per heavy atom. The first-order valence-electron chi connectivity index (χ1n) is 6.71. The summed E-state index contributed by atoms with van der Waals surface area (Å²) in [6.07, 6.45) is 5.09. The summed E-state index contributed by atoms with van der Waals surface area (Å²) in [6, 6.07) is 2.48. The van der Waals surface area contributed by atoms with Crippen molar-refractivity contribution in [1.29, 1.82) is 0 Å². The molecule has 6 nitrogen and oxygen atoms in total. The van der Waals surface area contributed by atoms with Crippen LogP contribution >= 0.6 is 0 Å². The second kappa shape index (κ2) is 4.70. The van der Waals surface area contributed by atoms with Gasteiger partial charge in [-0.1, -0.05) is 0 Å².